The molecule has 1 aromatic rings. The third-order valence-corrected chi connectivity index (χ3v) is 3.43. The lowest BCUT2D eigenvalue weighted by atomic mass is 10.0. The fourth-order valence-electron chi connectivity index (χ4n) is 2.16. The number of hydrogen-bond donors (Lipinski definition) is 0. The molecule has 0 aliphatic carbocycles. The predicted molar refractivity (Wildman–Crippen MR) is 80.8 cm³/mol. The number of nitrogens with zero attached hydrogens (tertiary/aromatic N) is 2. The smallest absolute Gasteiger partial charge is 0.236 e. The lowest BCUT2D eigenvalue weighted by Crippen LogP contribution is -2.46. The lowest BCUT2D eigenvalue weighted by molar-refractivity contribution is -0.130. The van der Waals surface area contributed by atoms with Crippen molar-refractivity contribution in [3.8, 4) is 0 Å². The monoisotopic (exact) mass is 276 g/mol. The van der Waals surface area contributed by atoms with E-state index in [9.17, 15) is 9.59 Å². The summed E-state index contributed by atoms with van der Waals surface area (Å²) in [5.74, 6) is 0.104. The van der Waals surface area contributed by atoms with Crippen molar-refractivity contribution < 1.29 is 9.59 Å². The van der Waals surface area contributed by atoms with Gasteiger partial charge in [0.05, 0.1) is 12.6 Å². The van der Waals surface area contributed by atoms with Gasteiger partial charge in [-0.05, 0) is 13.0 Å². The van der Waals surface area contributed by atoms with Gasteiger partial charge in [0.1, 0.15) is 0 Å². The van der Waals surface area contributed by atoms with E-state index in [1.54, 1.807) is 19.0 Å². The van der Waals surface area contributed by atoms with Gasteiger partial charge in [-0.15, -0.1) is 0 Å². The zero-order chi connectivity index (χ0) is 15.1. The van der Waals surface area contributed by atoms with Crippen LogP contribution in [0.4, 0.5) is 0 Å². The molecule has 0 fully saturated rings. The molecule has 4 heteroatoms. The summed E-state index contributed by atoms with van der Waals surface area (Å²) in [6, 6.07) is 9.03. The number of amides is 1. The van der Waals surface area contributed by atoms with Crippen LogP contribution in [0.25, 0.3) is 0 Å². The third-order valence-electron chi connectivity index (χ3n) is 3.43. The summed E-state index contributed by atoms with van der Waals surface area (Å²) in [4.78, 5) is 27.9. The molecule has 0 N–H and O–H groups in total. The van der Waals surface area contributed by atoms with Gasteiger partial charge in [-0.25, -0.2) is 0 Å². The molecule has 1 atom stereocenters. The van der Waals surface area contributed by atoms with Crippen molar-refractivity contribution in [1.82, 2.24) is 9.80 Å². The number of likely N-dealkylation sites (N-methyl/N-ethyl adjacent to an activating group) is 2. The maximum absolute atomic E-state index is 12.6. The summed E-state index contributed by atoms with van der Waals surface area (Å²) in [6.07, 6.45) is 0.697. The summed E-state index contributed by atoms with van der Waals surface area (Å²) in [5, 5.41) is 0. The number of rotatable bonds is 7. The highest BCUT2D eigenvalue weighted by atomic mass is 16.2. The molecular weight excluding hydrogens is 252 g/mol. The minimum absolute atomic E-state index is 0.0196. The number of carbonyl (C=O) groups is 2. The first kappa shape index (κ1) is 16.4. The van der Waals surface area contributed by atoms with Crippen LogP contribution in [0.2, 0.25) is 0 Å². The molecule has 1 rings (SSSR count). The van der Waals surface area contributed by atoms with Crippen LogP contribution in [-0.2, 0) is 4.79 Å². The fourth-order valence-corrected chi connectivity index (χ4v) is 2.16. The maximum Gasteiger partial charge on any atom is 0.236 e. The molecule has 1 amide bonds. The minimum atomic E-state index is -0.244. The molecule has 1 unspecified atom stereocenters. The Kier molecular flexibility index (Phi) is 6.39. The third kappa shape index (κ3) is 4.17. The molecule has 1 aromatic carbocycles. The Hall–Kier alpha value is -1.68. The zero-order valence-corrected chi connectivity index (χ0v) is 12.8. The molecule has 0 saturated heterocycles. The number of benzene rings is 1. The van der Waals surface area contributed by atoms with E-state index in [0.29, 0.717) is 18.5 Å². The summed E-state index contributed by atoms with van der Waals surface area (Å²) in [7, 11) is 3.46. The van der Waals surface area contributed by atoms with Gasteiger partial charge in [0.25, 0.3) is 0 Å². The molecule has 20 heavy (non-hydrogen) atoms. The standard InChI is InChI=1S/C16H24N2O2/c1-5-14(16(20)13-10-8-7-9-11-13)18(6-2)12-15(19)17(3)4/h7-11,14H,5-6,12H2,1-4H3. The van der Waals surface area contributed by atoms with Crippen LogP contribution in [0.3, 0.4) is 0 Å². The van der Waals surface area contributed by atoms with Crippen molar-refractivity contribution in [3.05, 3.63) is 35.9 Å². The number of ketones is 1. The highest BCUT2D eigenvalue weighted by Gasteiger charge is 2.26. The summed E-state index contributed by atoms with van der Waals surface area (Å²) in [6.45, 7) is 4.91. The Morgan fingerprint density at radius 2 is 1.70 bits per heavy atom. The van der Waals surface area contributed by atoms with Gasteiger partial charge < -0.3 is 4.90 Å². The average molecular weight is 276 g/mol. The zero-order valence-electron chi connectivity index (χ0n) is 12.8. The van der Waals surface area contributed by atoms with Gasteiger partial charge in [-0.3, -0.25) is 14.5 Å². The highest BCUT2D eigenvalue weighted by molar-refractivity contribution is 6.00. The molecule has 110 valence electrons. The first-order valence-electron chi connectivity index (χ1n) is 7.04. The van der Waals surface area contributed by atoms with Gasteiger partial charge in [0, 0.05) is 19.7 Å². The van der Waals surface area contributed by atoms with E-state index in [4.69, 9.17) is 0 Å². The van der Waals surface area contributed by atoms with E-state index in [0.717, 1.165) is 0 Å². The lowest BCUT2D eigenvalue weighted by Gasteiger charge is -2.29. The summed E-state index contributed by atoms with van der Waals surface area (Å²) < 4.78 is 0. The largest absolute Gasteiger partial charge is 0.348 e. The van der Waals surface area contributed by atoms with Crippen molar-refractivity contribution in [1.29, 1.82) is 0 Å². The highest BCUT2D eigenvalue weighted by Crippen LogP contribution is 2.12. The Balaban J connectivity index is 2.87. The van der Waals surface area contributed by atoms with Gasteiger partial charge in [0.15, 0.2) is 5.78 Å². The maximum atomic E-state index is 12.6. The van der Waals surface area contributed by atoms with Crippen molar-refractivity contribution in [2.24, 2.45) is 0 Å². The SMILES string of the molecule is CCC(C(=O)c1ccccc1)N(CC)CC(=O)N(C)C. The van der Waals surface area contributed by atoms with Crippen molar-refractivity contribution in [3.63, 3.8) is 0 Å². The number of carbonyl (C=O) groups excluding carboxylic acids is 2. The van der Waals surface area contributed by atoms with Crippen LogP contribution >= 0.6 is 0 Å². The van der Waals surface area contributed by atoms with Crippen molar-refractivity contribution in [2.75, 3.05) is 27.2 Å². The Morgan fingerprint density at radius 3 is 2.15 bits per heavy atom. The molecule has 0 saturated carbocycles. The molecular formula is C16H24N2O2. The van der Waals surface area contributed by atoms with Gasteiger partial charge in [-0.2, -0.15) is 0 Å². The van der Waals surface area contributed by atoms with Gasteiger partial charge >= 0.3 is 0 Å². The first-order chi connectivity index (χ1) is 9.51. The second-order valence-electron chi connectivity index (χ2n) is 5.01. The van der Waals surface area contributed by atoms with Gasteiger partial charge in [0.2, 0.25) is 5.91 Å². The number of Topliss-reactive ketones (excluding diaryl/α,β-unsaturated/α-hetero) is 1. The minimum Gasteiger partial charge on any atom is -0.348 e. The molecule has 0 spiro atoms. The summed E-state index contributed by atoms with van der Waals surface area (Å²) in [5.41, 5.74) is 0.704. The van der Waals surface area contributed by atoms with Crippen LogP contribution in [0.15, 0.2) is 30.3 Å². The van der Waals surface area contributed by atoms with Crippen molar-refractivity contribution >= 4 is 11.7 Å². The topological polar surface area (TPSA) is 40.6 Å². The van der Waals surface area contributed by atoms with Crippen LogP contribution in [0.5, 0.6) is 0 Å². The molecule has 0 radical (unpaired) electrons. The molecule has 0 aromatic heterocycles. The molecule has 0 aliphatic rings. The Labute approximate surface area is 121 Å². The molecule has 4 nitrogen and oxygen atoms in total. The quantitative estimate of drug-likeness (QED) is 0.716. The Morgan fingerprint density at radius 1 is 1.10 bits per heavy atom. The van der Waals surface area contributed by atoms with Crippen LogP contribution < -0.4 is 0 Å². The molecule has 0 bridgehead atoms. The normalized spacial score (nSPS) is 12.2. The second kappa shape index (κ2) is 7.80. The molecule has 0 heterocycles. The van der Waals surface area contributed by atoms with Gasteiger partial charge in [-0.1, -0.05) is 44.2 Å². The predicted octanol–water partition coefficient (Wildman–Crippen LogP) is 2.06. The summed E-state index contributed by atoms with van der Waals surface area (Å²) >= 11 is 0. The average Bonchev–Trinajstić information content (AvgIpc) is 2.47. The van der Waals surface area contributed by atoms with Crippen molar-refractivity contribution in [2.45, 2.75) is 26.3 Å². The van der Waals surface area contributed by atoms with Crippen LogP contribution in [0.1, 0.15) is 30.6 Å². The van der Waals surface area contributed by atoms with E-state index < -0.39 is 0 Å². The van der Waals surface area contributed by atoms with E-state index >= 15 is 0 Å². The van der Waals surface area contributed by atoms with E-state index in [-0.39, 0.29) is 24.3 Å². The van der Waals surface area contributed by atoms with Crippen LogP contribution in [0, 0.1) is 0 Å². The van der Waals surface area contributed by atoms with E-state index in [1.807, 2.05) is 49.1 Å². The van der Waals surface area contributed by atoms with E-state index in [1.165, 1.54) is 0 Å². The van der Waals surface area contributed by atoms with E-state index in [2.05, 4.69) is 0 Å². The first-order valence-corrected chi connectivity index (χ1v) is 7.04. The number of hydrogen-bond acceptors (Lipinski definition) is 3. The second-order valence-corrected chi connectivity index (χ2v) is 5.01. The fraction of sp³-hybridized carbons (Fsp3) is 0.500. The molecule has 0 aliphatic heterocycles. The van der Waals surface area contributed by atoms with Crippen LogP contribution in [-0.4, -0.2) is 54.7 Å². The Bertz CT molecular complexity index is 443.